The lowest BCUT2D eigenvalue weighted by Gasteiger charge is -2.24. The Morgan fingerprint density at radius 2 is 2.09 bits per heavy atom. The minimum Gasteiger partial charge on any atom is -0.383 e. The summed E-state index contributed by atoms with van der Waals surface area (Å²) >= 11 is 0. The maximum atomic E-state index is 6.14. The van der Waals surface area contributed by atoms with E-state index in [1.807, 2.05) is 19.4 Å². The van der Waals surface area contributed by atoms with Gasteiger partial charge in [-0.3, -0.25) is 4.68 Å². The van der Waals surface area contributed by atoms with E-state index >= 15 is 0 Å². The summed E-state index contributed by atoms with van der Waals surface area (Å²) in [7, 11) is 1.88. The van der Waals surface area contributed by atoms with E-state index in [4.69, 9.17) is 10.5 Å². The molecule has 3 heterocycles. The van der Waals surface area contributed by atoms with Gasteiger partial charge < -0.3 is 10.5 Å². The molecule has 0 bridgehead atoms. The van der Waals surface area contributed by atoms with Crippen LogP contribution in [0.25, 0.3) is 0 Å². The minimum atomic E-state index is -0.189. The van der Waals surface area contributed by atoms with Gasteiger partial charge in [0.25, 0.3) is 0 Å². The average molecular weight is 294 g/mol. The summed E-state index contributed by atoms with van der Waals surface area (Å²) in [6, 6.07) is 0. The van der Waals surface area contributed by atoms with Crippen LogP contribution in [-0.4, -0.2) is 14.8 Å². The van der Waals surface area contributed by atoms with Crippen molar-refractivity contribution in [1.82, 2.24) is 14.8 Å². The Balaban J connectivity index is 1.83. The van der Waals surface area contributed by atoms with Crippen molar-refractivity contribution in [2.24, 2.45) is 7.05 Å². The predicted molar refractivity (Wildman–Crippen MR) is 82.8 cm³/mol. The number of pyridine rings is 1. The second kappa shape index (κ2) is 4.85. The van der Waals surface area contributed by atoms with Crippen molar-refractivity contribution in [2.75, 3.05) is 5.73 Å². The number of aryl methyl sites for hydroxylation is 1. The first-order valence-corrected chi connectivity index (χ1v) is 7.60. The van der Waals surface area contributed by atoms with E-state index in [0.717, 1.165) is 29.5 Å². The summed E-state index contributed by atoms with van der Waals surface area (Å²) in [4.78, 5) is 4.30. The van der Waals surface area contributed by atoms with Crippen molar-refractivity contribution in [3.05, 3.63) is 40.8 Å². The van der Waals surface area contributed by atoms with Crippen LogP contribution in [0.5, 0.6) is 0 Å². The van der Waals surface area contributed by atoms with Crippen LogP contribution in [0.15, 0.2) is 18.6 Å². The highest BCUT2D eigenvalue weighted by atomic mass is 16.5. The SMILES string of the molecule is Cn1cc(C#Cc2c(N)ncc3c2C2(CCCC2)OC3)cn1. The van der Waals surface area contributed by atoms with Gasteiger partial charge >= 0.3 is 0 Å². The lowest BCUT2D eigenvalue weighted by atomic mass is 9.88. The summed E-state index contributed by atoms with van der Waals surface area (Å²) in [5, 5.41) is 4.14. The maximum absolute atomic E-state index is 6.14. The number of fused-ring (bicyclic) bond motifs is 2. The van der Waals surface area contributed by atoms with Crippen LogP contribution >= 0.6 is 0 Å². The van der Waals surface area contributed by atoms with Gasteiger partial charge in [0, 0.05) is 30.6 Å². The van der Waals surface area contributed by atoms with Crippen LogP contribution in [0, 0.1) is 11.8 Å². The van der Waals surface area contributed by atoms with Gasteiger partial charge in [0.05, 0.1) is 29.5 Å². The number of ether oxygens (including phenoxy) is 1. The van der Waals surface area contributed by atoms with Crippen LogP contribution in [0.2, 0.25) is 0 Å². The van der Waals surface area contributed by atoms with E-state index in [1.165, 1.54) is 18.4 Å². The lowest BCUT2D eigenvalue weighted by Crippen LogP contribution is -2.22. The normalized spacial score (nSPS) is 18.2. The molecule has 22 heavy (non-hydrogen) atoms. The van der Waals surface area contributed by atoms with Crippen molar-refractivity contribution < 1.29 is 4.74 Å². The summed E-state index contributed by atoms with van der Waals surface area (Å²) in [5.74, 6) is 6.87. The Morgan fingerprint density at radius 1 is 1.27 bits per heavy atom. The number of hydrogen-bond acceptors (Lipinski definition) is 4. The van der Waals surface area contributed by atoms with E-state index in [1.54, 1.807) is 10.9 Å². The smallest absolute Gasteiger partial charge is 0.139 e. The summed E-state index contributed by atoms with van der Waals surface area (Å²) in [5.41, 5.74) is 9.95. The second-order valence-corrected chi connectivity index (χ2v) is 6.06. The zero-order valence-electron chi connectivity index (χ0n) is 12.6. The quantitative estimate of drug-likeness (QED) is 0.756. The topological polar surface area (TPSA) is 66.0 Å². The Hall–Kier alpha value is -2.32. The van der Waals surface area contributed by atoms with Gasteiger partial charge in [-0.25, -0.2) is 4.98 Å². The van der Waals surface area contributed by atoms with Gasteiger partial charge in [0.2, 0.25) is 0 Å². The minimum absolute atomic E-state index is 0.189. The van der Waals surface area contributed by atoms with E-state index in [0.29, 0.717) is 12.4 Å². The van der Waals surface area contributed by atoms with Crippen molar-refractivity contribution in [3.63, 3.8) is 0 Å². The Bertz CT molecular complexity index is 791. The first-order chi connectivity index (χ1) is 10.7. The standard InChI is InChI=1S/C17H18N4O/c1-21-10-12(8-20-21)4-5-14-15-13(9-19-16(14)18)11-22-17(15)6-2-3-7-17/h8-10H,2-3,6-7,11H2,1H3,(H2,18,19). The molecule has 5 heteroatoms. The van der Waals surface area contributed by atoms with Gasteiger partial charge in [0.1, 0.15) is 5.82 Å². The molecule has 0 radical (unpaired) electrons. The van der Waals surface area contributed by atoms with E-state index in [-0.39, 0.29) is 5.60 Å². The van der Waals surface area contributed by atoms with Crippen LogP contribution in [-0.2, 0) is 24.0 Å². The molecule has 2 aromatic heterocycles. The summed E-state index contributed by atoms with van der Waals surface area (Å²) < 4.78 is 7.88. The average Bonchev–Trinajstić information content (AvgIpc) is 3.22. The van der Waals surface area contributed by atoms with Crippen LogP contribution in [0.1, 0.15) is 47.9 Å². The number of nitrogen functional groups attached to an aromatic ring is 1. The molecule has 0 saturated heterocycles. The fourth-order valence-corrected chi connectivity index (χ4v) is 3.57. The molecule has 1 saturated carbocycles. The third kappa shape index (κ3) is 1.99. The number of nitrogens with two attached hydrogens (primary N) is 1. The van der Waals surface area contributed by atoms with E-state index < -0.39 is 0 Å². The van der Waals surface area contributed by atoms with Crippen molar-refractivity contribution >= 4 is 5.82 Å². The fourth-order valence-electron chi connectivity index (χ4n) is 3.57. The Morgan fingerprint density at radius 3 is 2.82 bits per heavy atom. The second-order valence-electron chi connectivity index (χ2n) is 6.06. The van der Waals surface area contributed by atoms with Crippen LogP contribution < -0.4 is 5.73 Å². The van der Waals surface area contributed by atoms with Gasteiger partial charge in [-0.1, -0.05) is 24.7 Å². The molecule has 0 aromatic carbocycles. The number of anilines is 1. The molecule has 1 aliphatic heterocycles. The molecular formula is C17H18N4O. The van der Waals surface area contributed by atoms with Gasteiger partial charge in [0.15, 0.2) is 0 Å². The van der Waals surface area contributed by atoms with Gasteiger partial charge in [-0.05, 0) is 12.8 Å². The molecule has 2 aliphatic rings. The molecule has 5 nitrogen and oxygen atoms in total. The zero-order chi connectivity index (χ0) is 15.2. The molecule has 112 valence electrons. The first-order valence-electron chi connectivity index (χ1n) is 7.60. The predicted octanol–water partition coefficient (Wildman–Crippen LogP) is 2.10. The molecule has 1 spiro atoms. The number of aromatic nitrogens is 3. The van der Waals surface area contributed by atoms with Crippen LogP contribution in [0.4, 0.5) is 5.82 Å². The highest BCUT2D eigenvalue weighted by Crippen LogP contribution is 2.49. The first kappa shape index (κ1) is 13.4. The van der Waals surface area contributed by atoms with Crippen molar-refractivity contribution in [1.29, 1.82) is 0 Å². The molecule has 2 aromatic rings. The van der Waals surface area contributed by atoms with E-state index in [2.05, 4.69) is 21.9 Å². The molecule has 4 rings (SSSR count). The van der Waals surface area contributed by atoms with Crippen molar-refractivity contribution in [2.45, 2.75) is 37.9 Å². The molecule has 0 atom stereocenters. The molecular weight excluding hydrogens is 276 g/mol. The summed E-state index contributed by atoms with van der Waals surface area (Å²) in [6.45, 7) is 0.615. The third-order valence-corrected chi connectivity index (χ3v) is 4.59. The van der Waals surface area contributed by atoms with Crippen LogP contribution in [0.3, 0.4) is 0 Å². The Labute approximate surface area is 129 Å². The highest BCUT2D eigenvalue weighted by Gasteiger charge is 2.44. The number of rotatable bonds is 0. The van der Waals surface area contributed by atoms with Gasteiger partial charge in [-0.15, -0.1) is 0 Å². The highest BCUT2D eigenvalue weighted by molar-refractivity contribution is 5.61. The number of nitrogens with zero attached hydrogens (tertiary/aromatic N) is 3. The van der Waals surface area contributed by atoms with Crippen molar-refractivity contribution in [3.8, 4) is 11.8 Å². The molecule has 0 amide bonds. The molecule has 1 aliphatic carbocycles. The maximum Gasteiger partial charge on any atom is 0.139 e. The fraction of sp³-hybridized carbons (Fsp3) is 0.412. The lowest BCUT2D eigenvalue weighted by molar-refractivity contribution is -0.0326. The largest absolute Gasteiger partial charge is 0.383 e. The molecule has 1 fully saturated rings. The molecule has 2 N–H and O–H groups in total. The van der Waals surface area contributed by atoms with E-state index in [9.17, 15) is 0 Å². The van der Waals surface area contributed by atoms with Gasteiger partial charge in [-0.2, -0.15) is 5.10 Å². The monoisotopic (exact) mass is 294 g/mol. The third-order valence-electron chi connectivity index (χ3n) is 4.59. The Kier molecular flexibility index (Phi) is 2.95. The number of hydrogen-bond donors (Lipinski definition) is 1. The molecule has 0 unspecified atom stereocenters. The zero-order valence-corrected chi connectivity index (χ0v) is 12.6. The summed E-state index contributed by atoms with van der Waals surface area (Å²) in [6.07, 6.45) is 9.96.